The molecule has 2 N–H and O–H groups in total. The van der Waals surface area contributed by atoms with Gasteiger partial charge >= 0.3 is 0 Å². The molecule has 1 aliphatic rings. The second-order valence-corrected chi connectivity index (χ2v) is 7.29. The first-order valence-electron chi connectivity index (χ1n) is 8.38. The predicted molar refractivity (Wildman–Crippen MR) is 108 cm³/mol. The fourth-order valence-corrected chi connectivity index (χ4v) is 3.56. The van der Waals surface area contributed by atoms with Gasteiger partial charge in [0.05, 0.1) is 22.8 Å². The van der Waals surface area contributed by atoms with Crippen LogP contribution in [0.1, 0.15) is 23.2 Å². The van der Waals surface area contributed by atoms with E-state index in [2.05, 4.69) is 26.6 Å². The monoisotopic (exact) mass is 449 g/mol. The van der Waals surface area contributed by atoms with Crippen LogP contribution in [-0.2, 0) is 9.59 Å². The van der Waals surface area contributed by atoms with E-state index in [4.69, 9.17) is 11.6 Å². The molecule has 3 amide bonds. The molecule has 0 aliphatic carbocycles. The Kier molecular flexibility index (Phi) is 6.13. The summed E-state index contributed by atoms with van der Waals surface area (Å²) < 4.78 is 0.654. The van der Waals surface area contributed by atoms with Gasteiger partial charge in [0.1, 0.15) is 0 Å². The number of hydrogen-bond acceptors (Lipinski definition) is 3. The van der Waals surface area contributed by atoms with Crippen LogP contribution in [0, 0.1) is 0 Å². The first-order chi connectivity index (χ1) is 13.0. The van der Waals surface area contributed by atoms with Crippen LogP contribution >= 0.6 is 27.5 Å². The summed E-state index contributed by atoms with van der Waals surface area (Å²) >= 11 is 9.56. The molecule has 1 saturated heterocycles. The Labute approximate surface area is 170 Å². The molecule has 2 aromatic rings. The van der Waals surface area contributed by atoms with E-state index < -0.39 is 0 Å². The highest BCUT2D eigenvalue weighted by molar-refractivity contribution is 9.10. The minimum atomic E-state index is -0.378. The smallest absolute Gasteiger partial charge is 0.252 e. The van der Waals surface area contributed by atoms with E-state index in [0.717, 1.165) is 6.42 Å². The van der Waals surface area contributed by atoms with Gasteiger partial charge in [-0.05, 0) is 52.7 Å². The number of carbonyl (C=O) groups is 3. The van der Waals surface area contributed by atoms with Crippen molar-refractivity contribution in [1.29, 1.82) is 0 Å². The van der Waals surface area contributed by atoms with Gasteiger partial charge in [0, 0.05) is 23.1 Å². The topological polar surface area (TPSA) is 78.5 Å². The maximum atomic E-state index is 12.1. The normalized spacial score (nSPS) is 13.6. The molecule has 0 bridgehead atoms. The summed E-state index contributed by atoms with van der Waals surface area (Å²) in [6, 6.07) is 11.9. The maximum absolute atomic E-state index is 12.1. The Hall–Kier alpha value is -2.38. The lowest BCUT2D eigenvalue weighted by Gasteiger charge is -2.18. The van der Waals surface area contributed by atoms with Gasteiger partial charge in [-0.3, -0.25) is 14.4 Å². The summed E-state index contributed by atoms with van der Waals surface area (Å²) in [5, 5.41) is 5.64. The average Bonchev–Trinajstić information content (AvgIpc) is 3.06. The Bertz CT molecular complexity index is 904. The van der Waals surface area contributed by atoms with Crippen molar-refractivity contribution in [3.63, 3.8) is 0 Å². The Balaban J connectivity index is 1.58. The van der Waals surface area contributed by atoms with E-state index in [0.29, 0.717) is 39.4 Å². The Morgan fingerprint density at radius 2 is 1.96 bits per heavy atom. The van der Waals surface area contributed by atoms with Crippen LogP contribution in [0.5, 0.6) is 0 Å². The molecule has 1 heterocycles. The van der Waals surface area contributed by atoms with E-state index in [9.17, 15) is 14.4 Å². The third kappa shape index (κ3) is 4.67. The molecule has 0 atom stereocenters. The van der Waals surface area contributed by atoms with Crippen molar-refractivity contribution in [1.82, 2.24) is 5.32 Å². The van der Waals surface area contributed by atoms with Crippen molar-refractivity contribution in [3.8, 4) is 0 Å². The summed E-state index contributed by atoms with van der Waals surface area (Å²) in [5.41, 5.74) is 1.59. The van der Waals surface area contributed by atoms with E-state index in [1.807, 2.05) is 0 Å². The molecule has 6 nitrogen and oxygen atoms in total. The van der Waals surface area contributed by atoms with E-state index in [1.165, 1.54) is 0 Å². The molecule has 1 aliphatic heterocycles. The number of amides is 3. The van der Waals surface area contributed by atoms with Crippen molar-refractivity contribution >= 4 is 56.6 Å². The van der Waals surface area contributed by atoms with Crippen LogP contribution < -0.4 is 15.5 Å². The van der Waals surface area contributed by atoms with Crippen LogP contribution in [0.2, 0.25) is 5.02 Å². The molecule has 8 heteroatoms. The lowest BCUT2D eigenvalue weighted by atomic mass is 10.2. The summed E-state index contributed by atoms with van der Waals surface area (Å²) in [6.45, 7) is 0.468. The largest absolute Gasteiger partial charge is 0.343 e. The summed E-state index contributed by atoms with van der Waals surface area (Å²) in [6.07, 6.45) is 1.33. The summed E-state index contributed by atoms with van der Waals surface area (Å²) in [7, 11) is 0. The minimum Gasteiger partial charge on any atom is -0.343 e. The zero-order valence-corrected chi connectivity index (χ0v) is 16.6. The molecule has 0 saturated carbocycles. The van der Waals surface area contributed by atoms with Gasteiger partial charge in [-0.25, -0.2) is 0 Å². The molecule has 27 heavy (non-hydrogen) atoms. The Morgan fingerprint density at radius 1 is 1.19 bits per heavy atom. The molecule has 2 aromatic carbocycles. The molecule has 0 aromatic heterocycles. The van der Waals surface area contributed by atoms with Crippen LogP contribution in [0.15, 0.2) is 46.9 Å². The van der Waals surface area contributed by atoms with E-state index in [-0.39, 0.29) is 24.3 Å². The molecule has 0 spiro atoms. The quantitative estimate of drug-likeness (QED) is 0.730. The average molecular weight is 451 g/mol. The number of nitrogens with one attached hydrogen (secondary N) is 2. The molecular formula is C19H17BrClN3O3. The number of halogens is 2. The van der Waals surface area contributed by atoms with Crippen molar-refractivity contribution in [3.05, 3.63) is 57.5 Å². The number of hydrogen-bond donors (Lipinski definition) is 2. The van der Waals surface area contributed by atoms with Crippen molar-refractivity contribution in [2.45, 2.75) is 12.8 Å². The first kappa shape index (κ1) is 19.4. The van der Waals surface area contributed by atoms with Gasteiger partial charge in [0.25, 0.3) is 5.91 Å². The van der Waals surface area contributed by atoms with Gasteiger partial charge in [-0.15, -0.1) is 0 Å². The highest BCUT2D eigenvalue weighted by Gasteiger charge is 2.23. The van der Waals surface area contributed by atoms with E-state index in [1.54, 1.807) is 47.4 Å². The fourth-order valence-electron chi connectivity index (χ4n) is 2.81. The summed E-state index contributed by atoms with van der Waals surface area (Å²) in [4.78, 5) is 37.7. The fraction of sp³-hybridized carbons (Fsp3) is 0.211. The Morgan fingerprint density at radius 3 is 2.63 bits per heavy atom. The van der Waals surface area contributed by atoms with Gasteiger partial charge < -0.3 is 15.5 Å². The van der Waals surface area contributed by atoms with E-state index >= 15 is 0 Å². The summed E-state index contributed by atoms with van der Waals surface area (Å²) in [5.74, 6) is -0.682. The first-order valence-corrected chi connectivity index (χ1v) is 9.55. The number of anilines is 2. The third-order valence-corrected chi connectivity index (χ3v) is 5.12. The van der Waals surface area contributed by atoms with Crippen LogP contribution in [-0.4, -0.2) is 30.8 Å². The zero-order chi connectivity index (χ0) is 19.4. The highest BCUT2D eigenvalue weighted by Crippen LogP contribution is 2.31. The second kappa shape index (κ2) is 8.54. The molecule has 3 rings (SSSR count). The molecule has 0 unspecified atom stereocenters. The van der Waals surface area contributed by atoms with Gasteiger partial charge in [0.15, 0.2) is 0 Å². The SMILES string of the molecule is O=C(CNC(=O)c1ccccc1Br)Nc1ccc(N2CCCC2=O)c(Cl)c1. The third-order valence-electron chi connectivity index (χ3n) is 4.12. The number of nitrogens with zero attached hydrogens (tertiary/aromatic N) is 1. The van der Waals surface area contributed by atoms with Crippen LogP contribution in [0.25, 0.3) is 0 Å². The maximum Gasteiger partial charge on any atom is 0.252 e. The van der Waals surface area contributed by atoms with Gasteiger partial charge in [-0.2, -0.15) is 0 Å². The lowest BCUT2D eigenvalue weighted by Crippen LogP contribution is -2.33. The second-order valence-electron chi connectivity index (χ2n) is 6.03. The number of carbonyl (C=O) groups excluding carboxylic acids is 3. The van der Waals surface area contributed by atoms with Crippen molar-refractivity contribution in [2.24, 2.45) is 0 Å². The minimum absolute atomic E-state index is 0.0449. The molecule has 1 fully saturated rings. The highest BCUT2D eigenvalue weighted by atomic mass is 79.9. The number of rotatable bonds is 5. The van der Waals surface area contributed by atoms with Gasteiger partial charge in [0.2, 0.25) is 11.8 Å². The predicted octanol–water partition coefficient (Wildman–Crippen LogP) is 3.60. The van der Waals surface area contributed by atoms with Crippen molar-refractivity contribution in [2.75, 3.05) is 23.3 Å². The van der Waals surface area contributed by atoms with Crippen molar-refractivity contribution < 1.29 is 14.4 Å². The van der Waals surface area contributed by atoms with Crippen LogP contribution in [0.4, 0.5) is 11.4 Å². The standard InChI is InChI=1S/C19H17BrClN3O3/c20-14-5-2-1-4-13(14)19(27)22-11-17(25)23-12-7-8-16(15(21)10-12)24-9-3-6-18(24)26/h1-2,4-5,7-8,10H,3,6,9,11H2,(H,22,27)(H,23,25). The zero-order valence-electron chi connectivity index (χ0n) is 14.3. The molecular weight excluding hydrogens is 434 g/mol. The molecule has 0 radical (unpaired) electrons. The lowest BCUT2D eigenvalue weighted by molar-refractivity contribution is -0.117. The molecule has 140 valence electrons. The van der Waals surface area contributed by atoms with Gasteiger partial charge in [-0.1, -0.05) is 23.7 Å². The number of benzene rings is 2. The van der Waals surface area contributed by atoms with Crippen LogP contribution in [0.3, 0.4) is 0 Å².